The molecule has 3 heterocycles. The highest BCUT2D eigenvalue weighted by atomic mass is 35.5. The summed E-state index contributed by atoms with van der Waals surface area (Å²) in [4.78, 5) is 24.7. The molecule has 200 valence electrons. The van der Waals surface area contributed by atoms with Gasteiger partial charge < -0.3 is 18.7 Å². The maximum Gasteiger partial charge on any atom is 0.412 e. The Labute approximate surface area is 226 Å². The summed E-state index contributed by atoms with van der Waals surface area (Å²) < 4.78 is 22.4. The van der Waals surface area contributed by atoms with Gasteiger partial charge in [-0.3, -0.25) is 10.1 Å². The predicted octanol–water partition coefficient (Wildman–Crippen LogP) is 6.76. The number of nitrogens with one attached hydrogen (secondary N) is 1. The van der Waals surface area contributed by atoms with Gasteiger partial charge in [-0.25, -0.2) is 4.79 Å². The van der Waals surface area contributed by atoms with E-state index in [-0.39, 0.29) is 17.8 Å². The molecule has 1 saturated carbocycles. The lowest BCUT2D eigenvalue weighted by molar-refractivity contribution is -0.176. The van der Waals surface area contributed by atoms with Gasteiger partial charge in [-0.15, -0.1) is 0 Å². The first-order valence-electron chi connectivity index (χ1n) is 12.7. The second-order valence-electron chi connectivity index (χ2n) is 10.3. The van der Waals surface area contributed by atoms with E-state index in [1.807, 2.05) is 30.3 Å². The van der Waals surface area contributed by atoms with Crippen LogP contribution in [-0.4, -0.2) is 36.5 Å². The molecule has 2 aliphatic heterocycles. The fraction of sp³-hybridized carbons (Fsp3) is 0.414. The van der Waals surface area contributed by atoms with Crippen LogP contribution in [0.3, 0.4) is 0 Å². The van der Waals surface area contributed by atoms with Crippen molar-refractivity contribution in [1.29, 1.82) is 0 Å². The van der Waals surface area contributed by atoms with Crippen molar-refractivity contribution < 1.29 is 28.3 Å². The molecule has 3 aromatic rings. The summed E-state index contributed by atoms with van der Waals surface area (Å²) in [5.41, 5.74) is 3.08. The smallest absolute Gasteiger partial charge is 0.412 e. The van der Waals surface area contributed by atoms with Crippen LogP contribution in [0.25, 0.3) is 11.3 Å². The summed E-state index contributed by atoms with van der Waals surface area (Å²) in [5, 5.41) is 7.43. The highest BCUT2D eigenvalue weighted by Crippen LogP contribution is 2.52. The standard InChI is InChI=1S/C29H31ClN2O6/c1-18-25(31-27(34)37-19(2)22-9-4-5-10-23(22)30)26(38-32-18)20-7-6-8-21(15-20)28-11-13-29(14-12-28,36-17-28)16-24(33)35-3/h4-10,15,19H,11-14,16-17H2,1-3H3,(H,31,34). The number of amides is 1. The molecule has 2 saturated heterocycles. The number of anilines is 1. The number of halogens is 1. The summed E-state index contributed by atoms with van der Waals surface area (Å²) in [6.07, 6.45) is 2.55. The minimum Gasteiger partial charge on any atom is -0.469 e. The molecule has 6 rings (SSSR count). The highest BCUT2D eigenvalue weighted by Gasteiger charge is 2.51. The Balaban J connectivity index is 1.33. The maximum absolute atomic E-state index is 12.8. The topological polar surface area (TPSA) is 99.9 Å². The van der Waals surface area contributed by atoms with Crippen LogP contribution in [0.5, 0.6) is 0 Å². The van der Waals surface area contributed by atoms with E-state index in [1.165, 1.54) is 7.11 Å². The molecule has 1 N–H and O–H groups in total. The highest BCUT2D eigenvalue weighted by molar-refractivity contribution is 6.31. The SMILES string of the molecule is COC(=O)CC12CCC(c3cccc(-c4onc(C)c4NC(=O)OC(C)c4ccccc4Cl)c3)(CC1)CO2. The van der Waals surface area contributed by atoms with Gasteiger partial charge in [0.2, 0.25) is 0 Å². The van der Waals surface area contributed by atoms with Crippen molar-refractivity contribution >= 4 is 29.4 Å². The van der Waals surface area contributed by atoms with E-state index in [2.05, 4.69) is 22.6 Å². The van der Waals surface area contributed by atoms with Gasteiger partial charge in [0.1, 0.15) is 17.5 Å². The van der Waals surface area contributed by atoms with E-state index in [9.17, 15) is 9.59 Å². The number of hydrogen-bond acceptors (Lipinski definition) is 7. The quantitative estimate of drug-likeness (QED) is 0.332. The van der Waals surface area contributed by atoms with Crippen molar-refractivity contribution in [2.45, 2.75) is 63.1 Å². The van der Waals surface area contributed by atoms with Crippen LogP contribution in [0.15, 0.2) is 53.1 Å². The lowest BCUT2D eigenvalue weighted by atomic mass is 9.62. The fourth-order valence-electron chi connectivity index (χ4n) is 5.56. The second kappa shape index (κ2) is 10.4. The van der Waals surface area contributed by atoms with Crippen LogP contribution >= 0.6 is 11.6 Å². The molecule has 3 aliphatic rings. The first-order chi connectivity index (χ1) is 18.2. The van der Waals surface area contributed by atoms with Crippen molar-refractivity contribution in [1.82, 2.24) is 5.16 Å². The summed E-state index contributed by atoms with van der Waals surface area (Å²) in [7, 11) is 1.41. The number of methoxy groups -OCH3 is 1. The van der Waals surface area contributed by atoms with Crippen molar-refractivity contribution in [3.63, 3.8) is 0 Å². The number of rotatable bonds is 7. The van der Waals surface area contributed by atoms with Crippen molar-refractivity contribution in [2.75, 3.05) is 19.0 Å². The summed E-state index contributed by atoms with van der Waals surface area (Å²) in [6, 6.07) is 15.3. The Morgan fingerprint density at radius 2 is 1.89 bits per heavy atom. The summed E-state index contributed by atoms with van der Waals surface area (Å²) in [5.74, 6) is 0.220. The Morgan fingerprint density at radius 3 is 2.58 bits per heavy atom. The zero-order valence-electron chi connectivity index (χ0n) is 21.7. The molecule has 0 radical (unpaired) electrons. The van der Waals surface area contributed by atoms with Crippen LogP contribution in [0.2, 0.25) is 5.02 Å². The third-order valence-electron chi connectivity index (χ3n) is 7.92. The molecule has 38 heavy (non-hydrogen) atoms. The number of nitrogens with zero attached hydrogens (tertiary/aromatic N) is 1. The number of esters is 1. The zero-order chi connectivity index (χ0) is 26.9. The molecular formula is C29H31ClN2O6. The molecule has 8 nitrogen and oxygen atoms in total. The summed E-state index contributed by atoms with van der Waals surface area (Å²) in [6.45, 7) is 4.07. The average molecular weight is 539 g/mol. The van der Waals surface area contributed by atoms with Gasteiger partial charge in [0.15, 0.2) is 5.76 Å². The average Bonchev–Trinajstić information content (AvgIpc) is 3.29. The molecule has 0 spiro atoms. The van der Waals surface area contributed by atoms with Crippen LogP contribution in [0.1, 0.15) is 62.0 Å². The third kappa shape index (κ3) is 5.02. The molecule has 3 fully saturated rings. The van der Waals surface area contributed by atoms with Crippen LogP contribution in [-0.2, 0) is 24.4 Å². The number of benzene rings is 2. The van der Waals surface area contributed by atoms with Crippen LogP contribution in [0.4, 0.5) is 10.5 Å². The van der Waals surface area contributed by atoms with Crippen molar-refractivity contribution in [3.8, 4) is 11.3 Å². The predicted molar refractivity (Wildman–Crippen MR) is 142 cm³/mol. The first kappa shape index (κ1) is 26.3. The van der Waals surface area contributed by atoms with E-state index >= 15 is 0 Å². The number of ether oxygens (including phenoxy) is 3. The van der Waals surface area contributed by atoms with E-state index in [1.54, 1.807) is 19.9 Å². The Bertz CT molecular complexity index is 1330. The fourth-order valence-corrected chi connectivity index (χ4v) is 5.85. The molecular weight excluding hydrogens is 508 g/mol. The largest absolute Gasteiger partial charge is 0.469 e. The van der Waals surface area contributed by atoms with Gasteiger partial charge in [0.05, 0.1) is 25.7 Å². The number of aromatic nitrogens is 1. The van der Waals surface area contributed by atoms with Gasteiger partial charge in [-0.2, -0.15) is 0 Å². The minimum atomic E-state index is -0.630. The lowest BCUT2D eigenvalue weighted by Crippen LogP contribution is -2.54. The molecule has 9 heteroatoms. The van der Waals surface area contributed by atoms with Gasteiger partial charge in [-0.05, 0) is 57.2 Å². The lowest BCUT2D eigenvalue weighted by Gasteiger charge is -2.53. The van der Waals surface area contributed by atoms with Gasteiger partial charge in [0.25, 0.3) is 0 Å². The molecule has 2 aromatic carbocycles. The summed E-state index contributed by atoms with van der Waals surface area (Å²) >= 11 is 6.25. The second-order valence-corrected chi connectivity index (χ2v) is 10.7. The van der Waals surface area contributed by atoms with Crippen molar-refractivity contribution in [3.05, 3.63) is 70.4 Å². The molecule has 1 atom stereocenters. The molecule has 1 aromatic heterocycles. The Kier molecular flexibility index (Phi) is 7.20. The van der Waals surface area contributed by atoms with Crippen molar-refractivity contribution in [2.24, 2.45) is 0 Å². The number of aryl methyl sites for hydroxylation is 1. The van der Waals surface area contributed by atoms with Crippen LogP contribution in [0, 0.1) is 6.92 Å². The monoisotopic (exact) mass is 538 g/mol. The Morgan fingerprint density at radius 1 is 1.13 bits per heavy atom. The van der Waals surface area contributed by atoms with Gasteiger partial charge in [0, 0.05) is 21.6 Å². The number of fused-ring (bicyclic) bond motifs is 3. The molecule has 1 unspecified atom stereocenters. The minimum absolute atomic E-state index is 0.139. The van der Waals surface area contributed by atoms with E-state index in [4.69, 9.17) is 30.3 Å². The van der Waals surface area contributed by atoms with Gasteiger partial charge in [-0.1, -0.05) is 53.2 Å². The number of carbonyl (C=O) groups excluding carboxylic acids is 2. The Hall–Kier alpha value is -3.36. The molecule has 1 amide bonds. The van der Waals surface area contributed by atoms with E-state index in [0.29, 0.717) is 28.8 Å². The van der Waals surface area contributed by atoms with Gasteiger partial charge >= 0.3 is 12.1 Å². The first-order valence-corrected chi connectivity index (χ1v) is 13.1. The number of carbonyl (C=O) groups is 2. The number of hydrogen-bond donors (Lipinski definition) is 1. The molecule has 2 bridgehead atoms. The normalized spacial score (nSPS) is 23.1. The third-order valence-corrected chi connectivity index (χ3v) is 8.27. The maximum atomic E-state index is 12.8. The van der Waals surface area contributed by atoms with E-state index in [0.717, 1.165) is 42.4 Å². The molecule has 1 aliphatic carbocycles. The zero-order valence-corrected chi connectivity index (χ0v) is 22.5. The van der Waals surface area contributed by atoms with E-state index < -0.39 is 17.8 Å². The van der Waals surface area contributed by atoms with Crippen LogP contribution < -0.4 is 5.32 Å².